The van der Waals surface area contributed by atoms with Gasteiger partial charge in [-0.3, -0.25) is 0 Å². The molecule has 0 fully saturated rings. The van der Waals surface area contributed by atoms with Gasteiger partial charge in [-0.1, -0.05) is 18.2 Å². The summed E-state index contributed by atoms with van der Waals surface area (Å²) in [5, 5.41) is 3.14. The van der Waals surface area contributed by atoms with Crippen LogP contribution in [0, 0.1) is 0 Å². The molecule has 0 unspecified atom stereocenters. The number of halogens is 3. The van der Waals surface area contributed by atoms with Crippen molar-refractivity contribution in [2.45, 2.75) is 12.7 Å². The van der Waals surface area contributed by atoms with Crippen molar-refractivity contribution in [1.82, 2.24) is 0 Å². The molecule has 0 bridgehead atoms. The Labute approximate surface area is 120 Å². The smallest absolute Gasteiger partial charge is 0.422 e. The number of benzene rings is 2. The topological polar surface area (TPSA) is 47.3 Å². The number of hydrogen-bond donors (Lipinski definition) is 2. The summed E-state index contributed by atoms with van der Waals surface area (Å²) in [6, 6.07) is 13.8. The van der Waals surface area contributed by atoms with Crippen molar-refractivity contribution < 1.29 is 17.9 Å². The van der Waals surface area contributed by atoms with Crippen LogP contribution < -0.4 is 15.8 Å². The zero-order chi connectivity index (χ0) is 15.3. The number of para-hydroxylation sites is 1. The average molecular weight is 296 g/mol. The van der Waals surface area contributed by atoms with Gasteiger partial charge in [0.25, 0.3) is 0 Å². The Balaban J connectivity index is 1.89. The highest BCUT2D eigenvalue weighted by molar-refractivity contribution is 5.51. The SMILES string of the molecule is Nc1ccccc1CNc1ccc(OCC(F)(F)F)cc1. The molecule has 3 nitrogen and oxygen atoms in total. The fourth-order valence-corrected chi connectivity index (χ4v) is 1.73. The van der Waals surface area contributed by atoms with Gasteiger partial charge in [-0.05, 0) is 35.9 Å². The summed E-state index contributed by atoms with van der Waals surface area (Å²) in [5.74, 6) is 0.178. The van der Waals surface area contributed by atoms with E-state index in [1.54, 1.807) is 12.1 Å². The molecular formula is C15H15F3N2O. The van der Waals surface area contributed by atoms with E-state index in [9.17, 15) is 13.2 Å². The minimum atomic E-state index is -4.33. The van der Waals surface area contributed by atoms with Gasteiger partial charge in [-0.25, -0.2) is 0 Å². The van der Waals surface area contributed by atoms with Crippen molar-refractivity contribution in [2.75, 3.05) is 17.7 Å². The number of anilines is 2. The Hall–Kier alpha value is -2.37. The largest absolute Gasteiger partial charge is 0.484 e. The number of ether oxygens (including phenoxy) is 1. The van der Waals surface area contributed by atoms with Gasteiger partial charge in [-0.2, -0.15) is 13.2 Å². The number of nitrogens with one attached hydrogen (secondary N) is 1. The second-order valence-electron chi connectivity index (χ2n) is 4.48. The maximum absolute atomic E-state index is 12.0. The number of nitrogen functional groups attached to an aromatic ring is 1. The van der Waals surface area contributed by atoms with Gasteiger partial charge in [0.1, 0.15) is 5.75 Å². The number of rotatable bonds is 5. The van der Waals surface area contributed by atoms with E-state index in [0.29, 0.717) is 12.2 Å². The van der Waals surface area contributed by atoms with Crippen molar-refractivity contribution in [2.24, 2.45) is 0 Å². The number of hydrogen-bond acceptors (Lipinski definition) is 3. The fourth-order valence-electron chi connectivity index (χ4n) is 1.73. The lowest BCUT2D eigenvalue weighted by Gasteiger charge is -2.11. The molecule has 3 N–H and O–H groups in total. The van der Waals surface area contributed by atoms with Crippen molar-refractivity contribution in [3.8, 4) is 5.75 Å². The highest BCUT2D eigenvalue weighted by Gasteiger charge is 2.28. The third-order valence-electron chi connectivity index (χ3n) is 2.79. The van der Waals surface area contributed by atoms with E-state index < -0.39 is 12.8 Å². The Bertz CT molecular complexity index is 582. The van der Waals surface area contributed by atoms with Gasteiger partial charge in [0.2, 0.25) is 0 Å². The first-order valence-corrected chi connectivity index (χ1v) is 6.31. The van der Waals surface area contributed by atoms with E-state index in [-0.39, 0.29) is 5.75 Å². The predicted octanol–water partition coefficient (Wildman–Crippen LogP) is 3.82. The van der Waals surface area contributed by atoms with Crippen LogP contribution in [0.5, 0.6) is 5.75 Å². The monoisotopic (exact) mass is 296 g/mol. The standard InChI is InChI=1S/C15H15F3N2O/c16-15(17,18)10-21-13-7-5-12(6-8-13)20-9-11-3-1-2-4-14(11)19/h1-8,20H,9-10,19H2. The highest BCUT2D eigenvalue weighted by atomic mass is 19.4. The highest BCUT2D eigenvalue weighted by Crippen LogP contribution is 2.21. The van der Waals surface area contributed by atoms with Crippen LogP contribution in [0.4, 0.5) is 24.5 Å². The molecule has 0 saturated heterocycles. The first-order chi connectivity index (χ1) is 9.94. The summed E-state index contributed by atoms with van der Waals surface area (Å²) < 4.78 is 40.7. The number of alkyl halides is 3. The third kappa shape index (κ3) is 4.91. The van der Waals surface area contributed by atoms with Crippen LogP contribution in [0.15, 0.2) is 48.5 Å². The maximum atomic E-state index is 12.0. The van der Waals surface area contributed by atoms with E-state index >= 15 is 0 Å². The van der Waals surface area contributed by atoms with Crippen LogP contribution in [0.2, 0.25) is 0 Å². The molecule has 6 heteroatoms. The summed E-state index contributed by atoms with van der Waals surface area (Å²) in [5.41, 5.74) is 8.24. The van der Waals surface area contributed by atoms with Crippen molar-refractivity contribution in [3.63, 3.8) is 0 Å². The molecule has 2 rings (SSSR count). The quantitative estimate of drug-likeness (QED) is 0.825. The molecule has 112 valence electrons. The van der Waals surface area contributed by atoms with Crippen LogP contribution in [-0.2, 0) is 6.54 Å². The molecule has 0 aliphatic rings. The van der Waals surface area contributed by atoms with Gasteiger partial charge >= 0.3 is 6.18 Å². The molecule has 2 aromatic rings. The predicted molar refractivity (Wildman–Crippen MR) is 76.2 cm³/mol. The molecule has 0 radical (unpaired) electrons. The van der Waals surface area contributed by atoms with E-state index in [2.05, 4.69) is 10.1 Å². The van der Waals surface area contributed by atoms with Gasteiger partial charge < -0.3 is 15.8 Å². The van der Waals surface area contributed by atoms with Crippen LogP contribution in [-0.4, -0.2) is 12.8 Å². The molecule has 0 amide bonds. The minimum Gasteiger partial charge on any atom is -0.484 e. The summed E-state index contributed by atoms with van der Waals surface area (Å²) in [6.45, 7) is -0.754. The first kappa shape index (κ1) is 15.0. The Morgan fingerprint density at radius 2 is 1.67 bits per heavy atom. The van der Waals surface area contributed by atoms with Crippen LogP contribution >= 0.6 is 0 Å². The van der Waals surface area contributed by atoms with E-state index in [4.69, 9.17) is 5.73 Å². The summed E-state index contributed by atoms with van der Waals surface area (Å²) in [6.07, 6.45) is -4.33. The molecule has 0 aliphatic carbocycles. The van der Waals surface area contributed by atoms with Gasteiger partial charge in [-0.15, -0.1) is 0 Å². The summed E-state index contributed by atoms with van der Waals surface area (Å²) >= 11 is 0. The molecule has 0 spiro atoms. The molecule has 0 aliphatic heterocycles. The number of nitrogens with two attached hydrogens (primary N) is 1. The molecule has 0 heterocycles. The molecule has 0 atom stereocenters. The Morgan fingerprint density at radius 3 is 2.29 bits per heavy atom. The van der Waals surface area contributed by atoms with Crippen molar-refractivity contribution in [1.29, 1.82) is 0 Å². The first-order valence-electron chi connectivity index (χ1n) is 6.31. The van der Waals surface area contributed by atoms with Crippen LogP contribution in [0.3, 0.4) is 0 Å². The summed E-state index contributed by atoms with van der Waals surface area (Å²) in [7, 11) is 0. The zero-order valence-corrected chi connectivity index (χ0v) is 11.2. The molecule has 2 aromatic carbocycles. The minimum absolute atomic E-state index is 0.178. The normalized spacial score (nSPS) is 11.2. The maximum Gasteiger partial charge on any atom is 0.422 e. The van der Waals surface area contributed by atoms with Crippen LogP contribution in [0.1, 0.15) is 5.56 Å². The van der Waals surface area contributed by atoms with Crippen molar-refractivity contribution >= 4 is 11.4 Å². The second-order valence-corrected chi connectivity index (χ2v) is 4.48. The Morgan fingerprint density at radius 1 is 1.00 bits per heavy atom. The van der Waals surface area contributed by atoms with Gasteiger partial charge in [0.15, 0.2) is 6.61 Å². The van der Waals surface area contributed by atoms with Crippen LogP contribution in [0.25, 0.3) is 0 Å². The lowest BCUT2D eigenvalue weighted by molar-refractivity contribution is -0.153. The lowest BCUT2D eigenvalue weighted by Crippen LogP contribution is -2.19. The molecule has 21 heavy (non-hydrogen) atoms. The fraction of sp³-hybridized carbons (Fsp3) is 0.200. The van der Waals surface area contributed by atoms with E-state index in [0.717, 1.165) is 11.3 Å². The Kier molecular flexibility index (Phi) is 4.57. The van der Waals surface area contributed by atoms with Crippen molar-refractivity contribution in [3.05, 3.63) is 54.1 Å². The van der Waals surface area contributed by atoms with Gasteiger partial charge in [0, 0.05) is 17.9 Å². The lowest BCUT2D eigenvalue weighted by atomic mass is 10.2. The average Bonchev–Trinajstić information content (AvgIpc) is 2.45. The van der Waals surface area contributed by atoms with E-state index in [1.807, 2.05) is 24.3 Å². The molecule has 0 aromatic heterocycles. The summed E-state index contributed by atoms with van der Waals surface area (Å²) in [4.78, 5) is 0. The van der Waals surface area contributed by atoms with E-state index in [1.165, 1.54) is 12.1 Å². The van der Waals surface area contributed by atoms with Gasteiger partial charge in [0.05, 0.1) is 0 Å². The second kappa shape index (κ2) is 6.39. The molecule has 0 saturated carbocycles. The zero-order valence-electron chi connectivity index (χ0n) is 11.2. The molecular weight excluding hydrogens is 281 g/mol. The third-order valence-corrected chi connectivity index (χ3v) is 2.79.